The largest absolute Gasteiger partial charge is 0.311 e. The number of rotatable bonds is 6. The molecule has 0 atom stereocenters. The maximum Gasteiger partial charge on any atom is 0.137 e. The van der Waals surface area contributed by atoms with Gasteiger partial charge in [-0.1, -0.05) is 36.4 Å². The van der Waals surface area contributed by atoms with Crippen molar-refractivity contribution in [3.63, 3.8) is 0 Å². The molecular weight excluding hydrogens is 270 g/mol. The Morgan fingerprint density at radius 3 is 2.64 bits per heavy atom. The summed E-state index contributed by atoms with van der Waals surface area (Å²) in [7, 11) is 0. The predicted molar refractivity (Wildman–Crippen MR) is 90.2 cm³/mol. The zero-order valence-corrected chi connectivity index (χ0v) is 12.9. The number of aromatic nitrogens is 2. The Bertz CT molecular complexity index is 716. The number of hydrogen-bond donors (Lipinski definition) is 1. The van der Waals surface area contributed by atoms with Crippen LogP contribution in [0.15, 0.2) is 66.9 Å². The first-order valence-electron chi connectivity index (χ1n) is 7.68. The Kier molecular flexibility index (Phi) is 4.66. The highest BCUT2D eigenvalue weighted by Crippen LogP contribution is 2.11. The van der Waals surface area contributed by atoms with Crippen LogP contribution in [0.2, 0.25) is 0 Å². The van der Waals surface area contributed by atoms with Crippen LogP contribution in [0.3, 0.4) is 0 Å². The van der Waals surface area contributed by atoms with E-state index in [0.717, 1.165) is 31.0 Å². The van der Waals surface area contributed by atoms with Crippen LogP contribution in [-0.4, -0.2) is 16.1 Å². The summed E-state index contributed by atoms with van der Waals surface area (Å²) in [6, 6.07) is 20.9. The molecule has 0 unspecified atom stereocenters. The molecular formula is C19H21N3. The monoisotopic (exact) mass is 291 g/mol. The van der Waals surface area contributed by atoms with Gasteiger partial charge in [0.05, 0.1) is 0 Å². The van der Waals surface area contributed by atoms with E-state index in [1.54, 1.807) is 0 Å². The molecule has 0 aliphatic rings. The predicted octanol–water partition coefficient (Wildman–Crippen LogP) is 3.51. The van der Waals surface area contributed by atoms with Crippen LogP contribution in [0.4, 0.5) is 0 Å². The third-order valence-corrected chi connectivity index (χ3v) is 3.69. The first-order chi connectivity index (χ1) is 10.8. The second-order valence-electron chi connectivity index (χ2n) is 5.42. The molecule has 0 aliphatic carbocycles. The Hall–Kier alpha value is -2.39. The summed E-state index contributed by atoms with van der Waals surface area (Å²) in [5.41, 5.74) is 3.63. The molecule has 2 heterocycles. The molecule has 0 saturated heterocycles. The lowest BCUT2D eigenvalue weighted by Gasteiger charge is -2.10. The number of hydrogen-bond acceptors (Lipinski definition) is 2. The van der Waals surface area contributed by atoms with Crippen LogP contribution in [0.1, 0.15) is 17.0 Å². The van der Waals surface area contributed by atoms with E-state index in [1.165, 1.54) is 11.3 Å². The lowest BCUT2D eigenvalue weighted by atomic mass is 10.1. The highest BCUT2D eigenvalue weighted by atomic mass is 15.1. The SMILES string of the molecule is Cc1cccc(-n2cccc2CNCCc2ccccc2)n1. The highest BCUT2D eigenvalue weighted by Gasteiger charge is 2.04. The van der Waals surface area contributed by atoms with Crippen LogP contribution in [-0.2, 0) is 13.0 Å². The number of pyridine rings is 1. The fourth-order valence-electron chi connectivity index (χ4n) is 2.54. The molecule has 0 spiro atoms. The van der Waals surface area contributed by atoms with Crippen LogP contribution >= 0.6 is 0 Å². The molecule has 0 fully saturated rings. The summed E-state index contributed by atoms with van der Waals surface area (Å²) in [4.78, 5) is 4.59. The maximum atomic E-state index is 4.59. The van der Waals surface area contributed by atoms with E-state index in [1.807, 2.05) is 25.1 Å². The van der Waals surface area contributed by atoms with Crippen LogP contribution in [0, 0.1) is 6.92 Å². The molecule has 0 bridgehead atoms. The van der Waals surface area contributed by atoms with Crippen LogP contribution in [0.5, 0.6) is 0 Å². The van der Waals surface area contributed by atoms with E-state index in [0.29, 0.717) is 0 Å². The summed E-state index contributed by atoms with van der Waals surface area (Å²) in [6.07, 6.45) is 3.11. The zero-order valence-electron chi connectivity index (χ0n) is 12.9. The van der Waals surface area contributed by atoms with E-state index >= 15 is 0 Å². The van der Waals surface area contributed by atoms with Crippen molar-refractivity contribution in [2.75, 3.05) is 6.54 Å². The molecule has 1 aromatic carbocycles. The number of aryl methyl sites for hydroxylation is 1. The van der Waals surface area contributed by atoms with Gasteiger partial charge in [-0.25, -0.2) is 4.98 Å². The Morgan fingerprint density at radius 1 is 0.955 bits per heavy atom. The van der Waals surface area contributed by atoms with Gasteiger partial charge in [0.2, 0.25) is 0 Å². The summed E-state index contributed by atoms with van der Waals surface area (Å²) in [5, 5.41) is 3.51. The molecule has 3 nitrogen and oxygen atoms in total. The quantitative estimate of drug-likeness (QED) is 0.704. The van der Waals surface area contributed by atoms with Gasteiger partial charge < -0.3 is 9.88 Å². The average Bonchev–Trinajstić information content (AvgIpc) is 3.01. The molecule has 112 valence electrons. The van der Waals surface area contributed by atoms with Gasteiger partial charge in [0, 0.05) is 24.1 Å². The fraction of sp³-hybridized carbons (Fsp3) is 0.211. The Labute approximate surface area is 131 Å². The Morgan fingerprint density at radius 2 is 1.82 bits per heavy atom. The first-order valence-corrected chi connectivity index (χ1v) is 7.68. The molecule has 0 radical (unpaired) electrons. The van der Waals surface area contributed by atoms with Crippen LogP contribution in [0.25, 0.3) is 5.82 Å². The van der Waals surface area contributed by atoms with Gasteiger partial charge in [-0.2, -0.15) is 0 Å². The van der Waals surface area contributed by atoms with Crippen molar-refractivity contribution >= 4 is 0 Å². The van der Waals surface area contributed by atoms with Gasteiger partial charge in [-0.15, -0.1) is 0 Å². The molecule has 3 rings (SSSR count). The first kappa shape index (κ1) is 14.5. The summed E-state index contributed by atoms with van der Waals surface area (Å²) in [5.74, 6) is 0.977. The number of nitrogens with one attached hydrogen (secondary N) is 1. The van der Waals surface area contributed by atoms with E-state index in [-0.39, 0.29) is 0 Å². The molecule has 0 saturated carbocycles. The number of nitrogens with zero attached hydrogens (tertiary/aromatic N) is 2. The number of benzene rings is 1. The fourth-order valence-corrected chi connectivity index (χ4v) is 2.54. The lowest BCUT2D eigenvalue weighted by molar-refractivity contribution is 0.663. The van der Waals surface area contributed by atoms with Crippen molar-refractivity contribution in [3.8, 4) is 5.82 Å². The minimum absolute atomic E-state index is 0.843. The van der Waals surface area contributed by atoms with Crippen molar-refractivity contribution in [3.05, 3.63) is 83.8 Å². The molecule has 2 aromatic heterocycles. The standard InChI is InChI=1S/C19H21N3/c1-16-7-5-11-19(21-16)22-14-6-10-18(22)15-20-13-12-17-8-3-2-4-9-17/h2-11,14,20H,12-13,15H2,1H3. The molecule has 1 N–H and O–H groups in total. The van der Waals surface area contributed by atoms with Crippen molar-refractivity contribution in [1.29, 1.82) is 0 Å². The van der Waals surface area contributed by atoms with Gasteiger partial charge in [0.25, 0.3) is 0 Å². The van der Waals surface area contributed by atoms with Gasteiger partial charge >= 0.3 is 0 Å². The van der Waals surface area contributed by atoms with E-state index in [4.69, 9.17) is 0 Å². The van der Waals surface area contributed by atoms with Gasteiger partial charge in [-0.05, 0) is 49.7 Å². The summed E-state index contributed by atoms with van der Waals surface area (Å²) >= 11 is 0. The van der Waals surface area contributed by atoms with Crippen molar-refractivity contribution in [2.45, 2.75) is 19.9 Å². The smallest absolute Gasteiger partial charge is 0.137 e. The molecule has 22 heavy (non-hydrogen) atoms. The van der Waals surface area contributed by atoms with E-state index < -0.39 is 0 Å². The molecule has 0 amide bonds. The lowest BCUT2D eigenvalue weighted by Crippen LogP contribution is -2.18. The molecule has 3 aromatic rings. The van der Waals surface area contributed by atoms with Crippen molar-refractivity contribution in [1.82, 2.24) is 14.9 Å². The van der Waals surface area contributed by atoms with Gasteiger partial charge in [-0.3, -0.25) is 0 Å². The third kappa shape index (κ3) is 3.62. The molecule has 3 heteroatoms. The normalized spacial score (nSPS) is 10.8. The average molecular weight is 291 g/mol. The van der Waals surface area contributed by atoms with Crippen molar-refractivity contribution < 1.29 is 0 Å². The highest BCUT2D eigenvalue weighted by molar-refractivity contribution is 5.29. The second kappa shape index (κ2) is 7.05. The topological polar surface area (TPSA) is 29.9 Å². The van der Waals surface area contributed by atoms with E-state index in [2.05, 4.69) is 63.5 Å². The zero-order chi connectivity index (χ0) is 15.2. The molecule has 0 aliphatic heterocycles. The van der Waals surface area contributed by atoms with E-state index in [9.17, 15) is 0 Å². The summed E-state index contributed by atoms with van der Waals surface area (Å²) in [6.45, 7) is 3.83. The third-order valence-electron chi connectivity index (χ3n) is 3.69. The van der Waals surface area contributed by atoms with Crippen LogP contribution < -0.4 is 5.32 Å². The maximum absolute atomic E-state index is 4.59. The minimum atomic E-state index is 0.843. The van der Waals surface area contributed by atoms with Crippen molar-refractivity contribution in [2.24, 2.45) is 0 Å². The Balaban J connectivity index is 1.59. The summed E-state index contributed by atoms with van der Waals surface area (Å²) < 4.78 is 2.14. The minimum Gasteiger partial charge on any atom is -0.311 e. The van der Waals surface area contributed by atoms with Gasteiger partial charge in [0.1, 0.15) is 5.82 Å². The van der Waals surface area contributed by atoms with Gasteiger partial charge in [0.15, 0.2) is 0 Å². The second-order valence-corrected chi connectivity index (χ2v) is 5.42.